The molecule has 0 saturated heterocycles. The average Bonchev–Trinajstić information content (AvgIpc) is 3.54. The molecule has 5 rings (SSSR count). The molecule has 0 bridgehead atoms. The normalized spacial score (nSPS) is 13.4. The maximum Gasteiger partial charge on any atom is 0.228 e. The lowest BCUT2D eigenvalue weighted by Gasteiger charge is -2.12. The Morgan fingerprint density at radius 3 is 2.47 bits per heavy atom. The Bertz CT molecular complexity index is 1240. The van der Waals surface area contributed by atoms with Crippen molar-refractivity contribution in [1.29, 1.82) is 0 Å². The first-order chi connectivity index (χ1) is 14.6. The van der Waals surface area contributed by atoms with Crippen LogP contribution >= 0.6 is 0 Å². The summed E-state index contributed by atoms with van der Waals surface area (Å²) in [6.45, 7) is 0. The van der Waals surface area contributed by atoms with Gasteiger partial charge in [-0.1, -0.05) is 29.5 Å². The van der Waals surface area contributed by atoms with Gasteiger partial charge in [0, 0.05) is 48.9 Å². The Morgan fingerprint density at radius 2 is 1.80 bits per heavy atom. The third-order valence-electron chi connectivity index (χ3n) is 5.41. The van der Waals surface area contributed by atoms with Crippen molar-refractivity contribution >= 4 is 28.3 Å². The van der Waals surface area contributed by atoms with Crippen LogP contribution in [0.5, 0.6) is 0 Å². The largest absolute Gasteiger partial charge is 0.373 e. The Hall–Kier alpha value is -3.81. The van der Waals surface area contributed by atoms with E-state index in [1.165, 1.54) is 0 Å². The summed E-state index contributed by atoms with van der Waals surface area (Å²) in [4.78, 5) is 21.2. The monoisotopic (exact) mass is 399 g/mol. The topological polar surface area (TPSA) is 97.6 Å². The molecule has 0 unspecified atom stereocenters. The number of anilines is 2. The van der Waals surface area contributed by atoms with Crippen molar-refractivity contribution in [3.05, 3.63) is 48.9 Å². The molecule has 1 fully saturated rings. The van der Waals surface area contributed by atoms with E-state index in [0.29, 0.717) is 5.82 Å². The first-order valence-electron chi connectivity index (χ1n) is 9.87. The van der Waals surface area contributed by atoms with Gasteiger partial charge < -0.3 is 10.6 Å². The van der Waals surface area contributed by atoms with Crippen molar-refractivity contribution in [1.82, 2.24) is 25.0 Å². The predicted octanol–water partition coefficient (Wildman–Crippen LogP) is 3.48. The number of aryl methyl sites for hydroxylation is 1. The molecule has 30 heavy (non-hydrogen) atoms. The molecule has 0 atom stereocenters. The van der Waals surface area contributed by atoms with E-state index in [1.54, 1.807) is 17.1 Å². The van der Waals surface area contributed by atoms with Crippen molar-refractivity contribution in [3.63, 3.8) is 0 Å². The van der Waals surface area contributed by atoms with Crippen LogP contribution in [0.4, 0.5) is 11.6 Å². The van der Waals surface area contributed by atoms with Gasteiger partial charge in [0.25, 0.3) is 0 Å². The third kappa shape index (κ3) is 3.26. The predicted molar refractivity (Wildman–Crippen MR) is 116 cm³/mol. The second kappa shape index (κ2) is 7.22. The average molecular weight is 399 g/mol. The van der Waals surface area contributed by atoms with E-state index in [2.05, 4.69) is 43.0 Å². The molecule has 1 saturated carbocycles. The van der Waals surface area contributed by atoms with Crippen LogP contribution in [-0.2, 0) is 11.8 Å². The summed E-state index contributed by atoms with van der Waals surface area (Å²) < 4.78 is 1.74. The minimum Gasteiger partial charge on any atom is -0.373 e. The van der Waals surface area contributed by atoms with Crippen LogP contribution < -0.4 is 10.6 Å². The Labute approximate surface area is 173 Å². The van der Waals surface area contributed by atoms with Crippen LogP contribution in [0, 0.1) is 5.92 Å². The Morgan fingerprint density at radius 1 is 1.03 bits per heavy atom. The summed E-state index contributed by atoms with van der Waals surface area (Å²) in [7, 11) is 3.70. The highest BCUT2D eigenvalue weighted by molar-refractivity contribution is 6.04. The zero-order valence-corrected chi connectivity index (χ0v) is 16.8. The van der Waals surface area contributed by atoms with Crippen molar-refractivity contribution < 1.29 is 4.79 Å². The molecule has 1 amide bonds. The number of nitrogens with one attached hydrogen (secondary N) is 2. The quantitative estimate of drug-likeness (QED) is 0.533. The molecule has 8 nitrogen and oxygen atoms in total. The molecule has 1 aliphatic carbocycles. The van der Waals surface area contributed by atoms with Crippen LogP contribution in [0.1, 0.15) is 12.8 Å². The van der Waals surface area contributed by atoms with E-state index < -0.39 is 0 Å². The van der Waals surface area contributed by atoms with Gasteiger partial charge in [0.1, 0.15) is 11.6 Å². The summed E-state index contributed by atoms with van der Waals surface area (Å²) in [6.07, 6.45) is 7.26. The van der Waals surface area contributed by atoms with Crippen LogP contribution in [0.25, 0.3) is 33.2 Å². The number of carbonyl (C=O) groups is 1. The Balaban J connectivity index is 1.57. The fraction of sp³-hybridized carbons (Fsp3) is 0.227. The van der Waals surface area contributed by atoms with E-state index in [0.717, 1.165) is 51.8 Å². The molecule has 8 heteroatoms. The number of hydrogen-bond donors (Lipinski definition) is 2. The molecule has 0 radical (unpaired) electrons. The molecule has 1 aromatic carbocycles. The number of carbonyl (C=O) groups excluding carboxylic acids is 1. The van der Waals surface area contributed by atoms with Gasteiger partial charge in [-0.3, -0.25) is 4.79 Å². The molecule has 3 aromatic heterocycles. The summed E-state index contributed by atoms with van der Waals surface area (Å²) in [6, 6.07) is 10.1. The third-order valence-corrected chi connectivity index (χ3v) is 5.41. The first-order valence-corrected chi connectivity index (χ1v) is 9.87. The summed E-state index contributed by atoms with van der Waals surface area (Å²) in [5, 5.41) is 15.9. The highest BCUT2D eigenvalue weighted by Gasteiger charge is 2.29. The Kier molecular flexibility index (Phi) is 4.39. The van der Waals surface area contributed by atoms with Crippen molar-refractivity contribution in [2.75, 3.05) is 17.7 Å². The maximum absolute atomic E-state index is 12.2. The number of hydrogen-bond acceptors (Lipinski definition) is 6. The van der Waals surface area contributed by atoms with Gasteiger partial charge >= 0.3 is 0 Å². The van der Waals surface area contributed by atoms with Crippen LogP contribution in [0.3, 0.4) is 0 Å². The molecular formula is C22H21N7O. The molecule has 2 N–H and O–H groups in total. The molecule has 0 aliphatic heterocycles. The lowest BCUT2D eigenvalue weighted by atomic mass is 9.99. The van der Waals surface area contributed by atoms with E-state index in [1.807, 2.05) is 38.5 Å². The van der Waals surface area contributed by atoms with E-state index in [4.69, 9.17) is 0 Å². The summed E-state index contributed by atoms with van der Waals surface area (Å²) >= 11 is 0. The number of fused-ring (bicyclic) bond motifs is 1. The smallest absolute Gasteiger partial charge is 0.228 e. The number of benzene rings is 1. The maximum atomic E-state index is 12.2. The zero-order valence-electron chi connectivity index (χ0n) is 16.8. The lowest BCUT2D eigenvalue weighted by Crippen LogP contribution is -2.14. The summed E-state index contributed by atoms with van der Waals surface area (Å²) in [5.41, 5.74) is 3.99. The SMILES string of the molecule is CNc1ncc(-c2ccc(-c3cnnn3C)cc2)c2cc(NC(=O)C3CC3)ncc12. The fourth-order valence-electron chi connectivity index (χ4n) is 3.58. The minimum absolute atomic E-state index is 0.0421. The van der Waals surface area contributed by atoms with Gasteiger partial charge in [0.2, 0.25) is 5.91 Å². The van der Waals surface area contributed by atoms with Crippen LogP contribution in [-0.4, -0.2) is 37.9 Å². The minimum atomic E-state index is 0.0421. The second-order valence-electron chi connectivity index (χ2n) is 7.47. The van der Waals surface area contributed by atoms with Gasteiger partial charge in [0.15, 0.2) is 0 Å². The van der Waals surface area contributed by atoms with Crippen LogP contribution in [0.2, 0.25) is 0 Å². The van der Waals surface area contributed by atoms with E-state index >= 15 is 0 Å². The number of amides is 1. The molecule has 3 heterocycles. The standard InChI is InChI=1S/C22H21N7O/c1-23-21-18-11-24-20(27-22(30)15-7-8-15)9-16(18)17(10-25-21)13-3-5-14(6-4-13)19-12-26-28-29(19)2/h3-6,9-12,15H,7-8H2,1-2H3,(H,23,25)(H,24,27,30). The highest BCUT2D eigenvalue weighted by Crippen LogP contribution is 2.34. The fourth-order valence-corrected chi connectivity index (χ4v) is 3.58. The molecule has 150 valence electrons. The van der Waals surface area contributed by atoms with Gasteiger partial charge in [-0.2, -0.15) is 0 Å². The van der Waals surface area contributed by atoms with Gasteiger partial charge in [-0.25, -0.2) is 14.6 Å². The number of nitrogens with zero attached hydrogens (tertiary/aromatic N) is 5. The zero-order chi connectivity index (χ0) is 20.7. The molecule has 1 aliphatic rings. The van der Waals surface area contributed by atoms with Gasteiger partial charge in [-0.15, -0.1) is 5.10 Å². The molecule has 0 spiro atoms. The highest BCUT2D eigenvalue weighted by atomic mass is 16.2. The van der Waals surface area contributed by atoms with Crippen molar-refractivity contribution in [3.8, 4) is 22.4 Å². The number of rotatable bonds is 5. The molecular weight excluding hydrogens is 378 g/mol. The number of pyridine rings is 2. The van der Waals surface area contributed by atoms with Crippen LogP contribution in [0.15, 0.2) is 48.9 Å². The first kappa shape index (κ1) is 18.2. The lowest BCUT2D eigenvalue weighted by molar-refractivity contribution is -0.117. The van der Waals surface area contributed by atoms with Crippen molar-refractivity contribution in [2.45, 2.75) is 12.8 Å². The van der Waals surface area contributed by atoms with E-state index in [9.17, 15) is 4.79 Å². The van der Waals surface area contributed by atoms with Gasteiger partial charge in [-0.05, 0) is 29.9 Å². The second-order valence-corrected chi connectivity index (χ2v) is 7.47. The van der Waals surface area contributed by atoms with Crippen molar-refractivity contribution in [2.24, 2.45) is 13.0 Å². The van der Waals surface area contributed by atoms with Gasteiger partial charge in [0.05, 0.1) is 11.9 Å². The van der Waals surface area contributed by atoms with E-state index in [-0.39, 0.29) is 11.8 Å². The summed E-state index contributed by atoms with van der Waals surface area (Å²) in [5.74, 6) is 1.48. The number of aromatic nitrogens is 5. The molecule has 4 aromatic rings.